The van der Waals surface area contributed by atoms with Crippen LogP contribution in [-0.2, 0) is 24.4 Å². The monoisotopic (exact) mass is 436 g/mol. The molecular formula is C15H28HfO3. The van der Waals surface area contributed by atoms with Crippen molar-refractivity contribution in [2.24, 2.45) is 5.92 Å². The Morgan fingerprint density at radius 1 is 0.895 bits per heavy atom. The molecule has 0 fully saturated rings. The van der Waals surface area contributed by atoms with E-state index in [9.17, 15) is 0 Å². The maximum Gasteiger partial charge on any atom is -0.0809 e. The molecule has 4 heteroatoms. The SMILES string of the molecule is CCC(C)[C]1([Hf+3])C=CC=C1.CC[O-].CC[O-].CC[O-]. The summed E-state index contributed by atoms with van der Waals surface area (Å²) in [5.41, 5.74) is 0. The van der Waals surface area contributed by atoms with Crippen LogP contribution in [0.15, 0.2) is 24.3 Å². The first-order valence-electron chi connectivity index (χ1n) is 6.80. The van der Waals surface area contributed by atoms with Crippen LogP contribution in [0.4, 0.5) is 0 Å². The smallest absolute Gasteiger partial charge is 0.0809 e. The van der Waals surface area contributed by atoms with Gasteiger partial charge in [-0.3, -0.25) is 0 Å². The van der Waals surface area contributed by atoms with Crippen molar-refractivity contribution in [1.82, 2.24) is 0 Å². The van der Waals surface area contributed by atoms with Crippen LogP contribution < -0.4 is 15.3 Å². The van der Waals surface area contributed by atoms with Crippen LogP contribution in [0, 0.1) is 5.92 Å². The first-order valence-corrected chi connectivity index (χ1v) is 8.59. The molecule has 1 aliphatic rings. The summed E-state index contributed by atoms with van der Waals surface area (Å²) >= 11 is 1.25. The van der Waals surface area contributed by atoms with E-state index in [2.05, 4.69) is 38.2 Å². The van der Waals surface area contributed by atoms with E-state index in [4.69, 9.17) is 15.3 Å². The molecule has 0 saturated heterocycles. The van der Waals surface area contributed by atoms with Crippen molar-refractivity contribution in [2.75, 3.05) is 19.8 Å². The predicted molar refractivity (Wildman–Crippen MR) is 72.1 cm³/mol. The Morgan fingerprint density at radius 2 is 1.16 bits per heavy atom. The van der Waals surface area contributed by atoms with Crippen molar-refractivity contribution in [2.45, 2.75) is 44.2 Å². The molecule has 0 heterocycles. The summed E-state index contributed by atoms with van der Waals surface area (Å²) in [7, 11) is 0. The molecule has 0 saturated carbocycles. The van der Waals surface area contributed by atoms with E-state index in [1.54, 1.807) is 20.8 Å². The van der Waals surface area contributed by atoms with Crippen molar-refractivity contribution in [1.29, 1.82) is 0 Å². The number of hydrogen-bond donors (Lipinski definition) is 0. The van der Waals surface area contributed by atoms with Gasteiger partial charge in [0.05, 0.1) is 0 Å². The van der Waals surface area contributed by atoms with Crippen LogP contribution in [0.5, 0.6) is 0 Å². The Hall–Kier alpha value is 0.230. The minimum atomic E-state index is 0. The maximum atomic E-state index is 8.93. The maximum absolute atomic E-state index is 8.93. The summed E-state index contributed by atoms with van der Waals surface area (Å²) in [5.74, 6) is 0.828. The summed E-state index contributed by atoms with van der Waals surface area (Å²) in [4.78, 5) is 0. The largest absolute Gasteiger partial charge is 0.855 e. The van der Waals surface area contributed by atoms with Crippen molar-refractivity contribution in [3.05, 3.63) is 24.3 Å². The van der Waals surface area contributed by atoms with Gasteiger partial charge in [-0.15, -0.1) is 19.8 Å². The summed E-state index contributed by atoms with van der Waals surface area (Å²) < 4.78 is 0.481. The third kappa shape index (κ3) is 16.2. The van der Waals surface area contributed by atoms with Gasteiger partial charge in [0.15, 0.2) is 0 Å². The fourth-order valence-electron chi connectivity index (χ4n) is 1.15. The van der Waals surface area contributed by atoms with Crippen molar-refractivity contribution < 1.29 is 39.7 Å². The molecule has 1 atom stereocenters. The number of hydrogen-bond acceptors (Lipinski definition) is 3. The zero-order chi connectivity index (χ0) is 15.7. The third-order valence-electron chi connectivity index (χ3n) is 2.28. The normalized spacial score (nSPS) is 15.3. The van der Waals surface area contributed by atoms with Crippen LogP contribution in [0.2, 0.25) is 3.17 Å². The van der Waals surface area contributed by atoms with Gasteiger partial charge in [0.2, 0.25) is 0 Å². The fraction of sp³-hybridized carbons (Fsp3) is 0.733. The zero-order valence-electron chi connectivity index (χ0n) is 12.9. The quantitative estimate of drug-likeness (QED) is 0.608. The molecule has 0 aromatic rings. The molecule has 1 rings (SSSR count). The van der Waals surface area contributed by atoms with Gasteiger partial charge >= 0.3 is 78.0 Å². The Kier molecular flexibility index (Phi) is 23.3. The van der Waals surface area contributed by atoms with E-state index in [1.807, 2.05) is 0 Å². The minimum Gasteiger partial charge on any atom is -0.855 e. The first kappa shape index (κ1) is 24.3. The van der Waals surface area contributed by atoms with Crippen molar-refractivity contribution in [3.63, 3.8) is 0 Å². The van der Waals surface area contributed by atoms with Crippen LogP contribution in [0.1, 0.15) is 41.0 Å². The van der Waals surface area contributed by atoms with Crippen LogP contribution in [0.3, 0.4) is 0 Å². The molecule has 19 heavy (non-hydrogen) atoms. The summed E-state index contributed by atoms with van der Waals surface area (Å²) in [6, 6.07) is 0. The Labute approximate surface area is 134 Å². The van der Waals surface area contributed by atoms with E-state index >= 15 is 0 Å². The molecule has 1 aliphatic carbocycles. The van der Waals surface area contributed by atoms with Gasteiger partial charge < -0.3 is 15.3 Å². The fourth-order valence-corrected chi connectivity index (χ4v) is 2.58. The van der Waals surface area contributed by atoms with E-state index in [-0.39, 0.29) is 19.8 Å². The molecule has 0 aromatic heterocycles. The molecule has 0 spiro atoms. The summed E-state index contributed by atoms with van der Waals surface area (Å²) in [6.45, 7) is 9.32. The van der Waals surface area contributed by atoms with Crippen LogP contribution in [0.25, 0.3) is 0 Å². The number of allylic oxidation sites excluding steroid dienone is 4. The molecule has 0 radical (unpaired) electrons. The first-order chi connectivity index (χ1) is 8.93. The van der Waals surface area contributed by atoms with E-state index in [0.29, 0.717) is 3.17 Å². The standard InChI is InChI=1S/C9H13.3C2H5O.Hf/c1-3-8(2)9-6-4-5-7-9;3*1-2-3;/h4-8H,3H2,1-2H3;3*2H2,1H3;/q;3*-1;+3. The van der Waals surface area contributed by atoms with E-state index < -0.39 is 0 Å². The molecule has 110 valence electrons. The third-order valence-corrected chi connectivity index (χ3v) is 5.25. The zero-order valence-corrected chi connectivity index (χ0v) is 16.5. The molecule has 0 aliphatic heterocycles. The molecular weight excluding hydrogens is 407 g/mol. The Bertz CT molecular complexity index is 199. The molecule has 3 nitrogen and oxygen atoms in total. The van der Waals surface area contributed by atoms with Gasteiger partial charge in [-0.05, 0) is 0 Å². The minimum absolute atomic E-state index is 0. The Balaban J connectivity index is -0.000000238. The second-order valence-corrected chi connectivity index (χ2v) is 6.94. The average Bonchev–Trinajstić information content (AvgIpc) is 2.79. The van der Waals surface area contributed by atoms with Gasteiger partial charge in [-0.1, -0.05) is 20.8 Å². The number of rotatable bonds is 2. The van der Waals surface area contributed by atoms with Gasteiger partial charge in [0, 0.05) is 0 Å². The second kappa shape index (κ2) is 18.2. The van der Waals surface area contributed by atoms with E-state index in [1.165, 1.54) is 30.8 Å². The van der Waals surface area contributed by atoms with Crippen molar-refractivity contribution >= 4 is 0 Å². The van der Waals surface area contributed by atoms with Gasteiger partial charge in [0.1, 0.15) is 0 Å². The molecule has 0 N–H and O–H groups in total. The van der Waals surface area contributed by atoms with Crippen LogP contribution >= 0.6 is 0 Å². The molecule has 1 unspecified atom stereocenters. The molecule has 0 aromatic carbocycles. The summed E-state index contributed by atoms with van der Waals surface area (Å²) in [5, 5.41) is 26.8. The van der Waals surface area contributed by atoms with Gasteiger partial charge in [-0.25, -0.2) is 0 Å². The molecule has 0 amide bonds. The molecule has 0 bridgehead atoms. The summed E-state index contributed by atoms with van der Waals surface area (Å²) in [6.07, 6.45) is 10.4. The topological polar surface area (TPSA) is 69.2 Å². The van der Waals surface area contributed by atoms with Gasteiger partial charge in [0.25, 0.3) is 0 Å². The van der Waals surface area contributed by atoms with Crippen LogP contribution in [-0.4, -0.2) is 19.8 Å². The predicted octanol–water partition coefficient (Wildman–Crippen LogP) is 0.964. The Morgan fingerprint density at radius 3 is 1.37 bits per heavy atom. The van der Waals surface area contributed by atoms with Crippen molar-refractivity contribution in [3.8, 4) is 0 Å². The van der Waals surface area contributed by atoms with Gasteiger partial charge in [-0.2, -0.15) is 0 Å². The second-order valence-electron chi connectivity index (χ2n) is 3.83. The van der Waals surface area contributed by atoms with E-state index in [0.717, 1.165) is 5.92 Å². The average molecular weight is 435 g/mol.